The number of fused-ring (bicyclic) bond motifs is 2. The molecule has 0 atom stereocenters. The minimum absolute atomic E-state index is 0.444. The Kier molecular flexibility index (Phi) is 7.86. The average Bonchev–Trinajstić information content (AvgIpc) is 3.51. The number of methoxy groups -OCH3 is 2. The first-order chi connectivity index (χ1) is 18.5. The first kappa shape index (κ1) is 25.7. The van der Waals surface area contributed by atoms with Gasteiger partial charge in [-0.05, 0) is 94.8 Å². The van der Waals surface area contributed by atoms with E-state index in [0.717, 1.165) is 33.6 Å². The van der Waals surface area contributed by atoms with Gasteiger partial charge in [-0.3, -0.25) is 0 Å². The molecular weight excluding hydrogens is 486 g/mol. The molecule has 192 valence electrons. The Balaban J connectivity index is 0.000000155. The molecule has 2 N–H and O–H groups in total. The number of ether oxygens (including phenoxy) is 4. The van der Waals surface area contributed by atoms with Gasteiger partial charge in [-0.15, -0.1) is 0 Å². The van der Waals surface area contributed by atoms with Crippen molar-refractivity contribution in [2.24, 2.45) is 0 Å². The topological polar surface area (TPSA) is 95.8 Å². The van der Waals surface area contributed by atoms with Crippen molar-refractivity contribution in [3.8, 4) is 34.5 Å². The van der Waals surface area contributed by atoms with Gasteiger partial charge in [0.2, 0.25) is 0 Å². The van der Waals surface area contributed by atoms with Gasteiger partial charge < -0.3 is 38.3 Å². The summed E-state index contributed by atoms with van der Waals surface area (Å²) < 4.78 is 31.9. The summed E-state index contributed by atoms with van der Waals surface area (Å²) >= 11 is 0. The monoisotopic (exact) mass is 512 g/mol. The van der Waals surface area contributed by atoms with Gasteiger partial charge in [0.15, 0.2) is 0 Å². The van der Waals surface area contributed by atoms with E-state index in [4.69, 9.17) is 28.3 Å². The molecule has 2 heterocycles. The summed E-state index contributed by atoms with van der Waals surface area (Å²) in [5.41, 5.74) is 3.53. The van der Waals surface area contributed by atoms with Crippen LogP contribution in [0.15, 0.2) is 84.9 Å². The third-order valence-corrected chi connectivity index (χ3v) is 6.15. The Morgan fingerprint density at radius 1 is 0.526 bits per heavy atom. The zero-order valence-electron chi connectivity index (χ0n) is 21.0. The molecule has 10 heteroatoms. The lowest BCUT2D eigenvalue weighted by Crippen LogP contribution is -2.27. The molecule has 38 heavy (non-hydrogen) atoms. The van der Waals surface area contributed by atoms with Gasteiger partial charge in [0.05, 0.1) is 27.4 Å². The maximum Gasteiger partial charge on any atom is 0.491 e. The van der Waals surface area contributed by atoms with Crippen molar-refractivity contribution >= 4 is 25.2 Å². The molecular formula is C28H26B2O8. The van der Waals surface area contributed by atoms with E-state index in [1.807, 2.05) is 72.8 Å². The number of hydrogen-bond donors (Lipinski definition) is 2. The molecule has 0 bridgehead atoms. The van der Waals surface area contributed by atoms with Crippen molar-refractivity contribution < 1.29 is 38.3 Å². The molecule has 4 aromatic rings. The van der Waals surface area contributed by atoms with E-state index in [0.29, 0.717) is 36.2 Å². The lowest BCUT2D eigenvalue weighted by atomic mass is 9.79. The van der Waals surface area contributed by atoms with Crippen molar-refractivity contribution in [1.29, 1.82) is 0 Å². The standard InChI is InChI=1S/2C14H13BO4/c2*1-17-11-4-6-12(7-5-11)19-13-3-2-10-9-18-15(16)14(10)8-13/h2*2-8,16H,9H2,1H3. The number of hydrogen-bond acceptors (Lipinski definition) is 8. The normalized spacial score (nSPS) is 13.3. The van der Waals surface area contributed by atoms with Crippen LogP contribution < -0.4 is 29.9 Å². The van der Waals surface area contributed by atoms with Crippen LogP contribution in [0, 0.1) is 0 Å². The second-order valence-corrected chi connectivity index (χ2v) is 8.60. The summed E-state index contributed by atoms with van der Waals surface area (Å²) in [6.07, 6.45) is 0. The highest BCUT2D eigenvalue weighted by Gasteiger charge is 2.28. The lowest BCUT2D eigenvalue weighted by Gasteiger charge is -2.08. The first-order valence-electron chi connectivity index (χ1n) is 12.0. The van der Waals surface area contributed by atoms with Crippen LogP contribution in [-0.2, 0) is 22.5 Å². The summed E-state index contributed by atoms with van der Waals surface area (Å²) in [5.74, 6) is 4.35. The smallest absolute Gasteiger partial charge is 0.491 e. The number of rotatable bonds is 6. The van der Waals surface area contributed by atoms with Gasteiger partial charge in [0, 0.05) is 0 Å². The quantitative estimate of drug-likeness (QED) is 0.380. The summed E-state index contributed by atoms with van der Waals surface area (Å²) in [5, 5.41) is 19.3. The second-order valence-electron chi connectivity index (χ2n) is 8.60. The lowest BCUT2D eigenvalue weighted by molar-refractivity contribution is 0.275. The fourth-order valence-corrected chi connectivity index (χ4v) is 4.07. The second kappa shape index (κ2) is 11.6. The molecule has 8 nitrogen and oxygen atoms in total. The predicted molar refractivity (Wildman–Crippen MR) is 144 cm³/mol. The van der Waals surface area contributed by atoms with E-state index in [-0.39, 0.29) is 0 Å². The van der Waals surface area contributed by atoms with Gasteiger partial charge in [-0.2, -0.15) is 0 Å². The van der Waals surface area contributed by atoms with E-state index < -0.39 is 14.2 Å². The Morgan fingerprint density at radius 2 is 0.868 bits per heavy atom. The van der Waals surface area contributed by atoms with Gasteiger partial charge in [0.25, 0.3) is 0 Å². The highest BCUT2D eigenvalue weighted by Crippen LogP contribution is 2.26. The summed E-state index contributed by atoms with van der Waals surface area (Å²) in [7, 11) is 1.54. The van der Waals surface area contributed by atoms with Gasteiger partial charge >= 0.3 is 14.2 Å². The van der Waals surface area contributed by atoms with Crippen LogP contribution in [0.4, 0.5) is 0 Å². The van der Waals surface area contributed by atoms with Crippen molar-refractivity contribution in [3.05, 3.63) is 96.1 Å². The van der Waals surface area contributed by atoms with Crippen LogP contribution in [0.2, 0.25) is 0 Å². The van der Waals surface area contributed by atoms with E-state index in [2.05, 4.69) is 0 Å². The third-order valence-electron chi connectivity index (χ3n) is 6.15. The van der Waals surface area contributed by atoms with Gasteiger partial charge in [-0.25, -0.2) is 0 Å². The molecule has 2 aliphatic heterocycles. The molecule has 4 aromatic carbocycles. The molecule has 0 aliphatic carbocycles. The summed E-state index contributed by atoms with van der Waals surface area (Å²) in [6.45, 7) is 0.888. The van der Waals surface area contributed by atoms with Crippen LogP contribution in [0.25, 0.3) is 0 Å². The van der Waals surface area contributed by atoms with E-state index >= 15 is 0 Å². The molecule has 0 spiro atoms. The summed E-state index contributed by atoms with van der Waals surface area (Å²) in [6, 6.07) is 25.8. The zero-order valence-corrected chi connectivity index (χ0v) is 21.0. The van der Waals surface area contributed by atoms with E-state index in [1.54, 1.807) is 26.4 Å². The Bertz CT molecular complexity index is 1270. The molecule has 0 amide bonds. The fourth-order valence-electron chi connectivity index (χ4n) is 4.07. The Labute approximate surface area is 221 Å². The minimum atomic E-state index is -0.852. The predicted octanol–water partition coefficient (Wildman–Crippen LogP) is 3.41. The van der Waals surface area contributed by atoms with Crippen molar-refractivity contribution in [3.63, 3.8) is 0 Å². The van der Waals surface area contributed by atoms with E-state index in [9.17, 15) is 10.0 Å². The summed E-state index contributed by atoms with van der Waals surface area (Å²) in [4.78, 5) is 0. The third kappa shape index (κ3) is 5.95. The molecule has 0 saturated heterocycles. The highest BCUT2D eigenvalue weighted by atomic mass is 16.5. The van der Waals surface area contributed by atoms with Crippen molar-refractivity contribution in [1.82, 2.24) is 0 Å². The van der Waals surface area contributed by atoms with Crippen LogP contribution in [0.5, 0.6) is 34.5 Å². The van der Waals surface area contributed by atoms with E-state index in [1.165, 1.54) is 0 Å². The van der Waals surface area contributed by atoms with Crippen LogP contribution in [0.3, 0.4) is 0 Å². The maximum absolute atomic E-state index is 9.65. The highest BCUT2D eigenvalue weighted by molar-refractivity contribution is 6.62. The Morgan fingerprint density at radius 3 is 1.24 bits per heavy atom. The maximum atomic E-state index is 9.65. The molecule has 0 radical (unpaired) electrons. The van der Waals surface area contributed by atoms with Crippen molar-refractivity contribution in [2.45, 2.75) is 13.2 Å². The van der Waals surface area contributed by atoms with Gasteiger partial charge in [-0.1, -0.05) is 12.1 Å². The molecule has 6 rings (SSSR count). The van der Waals surface area contributed by atoms with Crippen LogP contribution >= 0.6 is 0 Å². The SMILES string of the molecule is COc1ccc(Oc2ccc3c(c2)B(O)OC3)cc1.COc1ccc(Oc2ccc3c(c2)B(O)OC3)cc1. The number of benzene rings is 4. The molecule has 0 fully saturated rings. The van der Waals surface area contributed by atoms with Crippen molar-refractivity contribution in [2.75, 3.05) is 14.2 Å². The van der Waals surface area contributed by atoms with Gasteiger partial charge in [0.1, 0.15) is 34.5 Å². The largest absolute Gasteiger partial charge is 0.497 e. The fraction of sp³-hybridized carbons (Fsp3) is 0.143. The van der Waals surface area contributed by atoms with Crippen LogP contribution in [0.1, 0.15) is 11.1 Å². The zero-order chi connectivity index (χ0) is 26.5. The minimum Gasteiger partial charge on any atom is -0.497 e. The first-order valence-corrected chi connectivity index (χ1v) is 12.0. The molecule has 0 saturated carbocycles. The average molecular weight is 512 g/mol. The Hall–Kier alpha value is -3.95. The van der Waals surface area contributed by atoms with Crippen LogP contribution in [-0.4, -0.2) is 38.5 Å². The molecule has 0 unspecified atom stereocenters. The molecule has 2 aliphatic rings. The molecule has 0 aromatic heterocycles.